The molecule has 106 valence electrons. The van der Waals surface area contributed by atoms with E-state index in [0.717, 1.165) is 14.9 Å². The topological polar surface area (TPSA) is 60.9 Å². The van der Waals surface area contributed by atoms with Crippen LogP contribution >= 0.6 is 15.9 Å². The van der Waals surface area contributed by atoms with Crippen LogP contribution in [-0.2, 0) is 11.3 Å². The van der Waals surface area contributed by atoms with E-state index in [2.05, 4.69) is 21.9 Å². The first-order valence-electron chi connectivity index (χ1n) is 5.83. The fraction of sp³-hybridized carbons (Fsp3) is 0.286. The molecule has 0 saturated heterocycles. The molecule has 0 radical (unpaired) electrons. The SMILES string of the molecule is C#CCN(CC(=O)O)C(=O)N(C)Cc1cccc(Br)c1. The van der Waals surface area contributed by atoms with E-state index in [1.165, 1.54) is 4.90 Å². The highest BCUT2D eigenvalue weighted by Gasteiger charge is 2.19. The molecule has 0 atom stereocenters. The molecule has 0 saturated carbocycles. The van der Waals surface area contributed by atoms with E-state index in [1.807, 2.05) is 24.3 Å². The molecule has 0 spiro atoms. The minimum absolute atomic E-state index is 0.0338. The monoisotopic (exact) mass is 338 g/mol. The first-order chi connectivity index (χ1) is 9.43. The van der Waals surface area contributed by atoms with Crippen LogP contribution in [0.5, 0.6) is 0 Å². The van der Waals surface area contributed by atoms with Crippen molar-refractivity contribution in [1.82, 2.24) is 9.80 Å². The van der Waals surface area contributed by atoms with Crippen molar-refractivity contribution in [2.75, 3.05) is 20.1 Å². The van der Waals surface area contributed by atoms with Gasteiger partial charge in [0.2, 0.25) is 0 Å². The first-order valence-corrected chi connectivity index (χ1v) is 6.63. The minimum Gasteiger partial charge on any atom is -0.480 e. The summed E-state index contributed by atoms with van der Waals surface area (Å²) in [5, 5.41) is 8.78. The third-order valence-corrected chi connectivity index (χ3v) is 3.01. The van der Waals surface area contributed by atoms with Gasteiger partial charge in [0.15, 0.2) is 0 Å². The lowest BCUT2D eigenvalue weighted by molar-refractivity contribution is -0.137. The highest BCUT2D eigenvalue weighted by atomic mass is 79.9. The Balaban J connectivity index is 2.73. The summed E-state index contributed by atoms with van der Waals surface area (Å²) >= 11 is 3.36. The molecular formula is C14H15BrN2O3. The molecule has 5 nitrogen and oxygen atoms in total. The number of hydrogen-bond acceptors (Lipinski definition) is 2. The van der Waals surface area contributed by atoms with Gasteiger partial charge in [-0.05, 0) is 17.7 Å². The normalized spacial score (nSPS) is 9.65. The van der Waals surface area contributed by atoms with Gasteiger partial charge in [0.05, 0.1) is 6.54 Å². The number of carboxylic acid groups (broad SMARTS) is 1. The van der Waals surface area contributed by atoms with Gasteiger partial charge >= 0.3 is 12.0 Å². The Kier molecular flexibility index (Phi) is 6.07. The first kappa shape index (κ1) is 16.1. The van der Waals surface area contributed by atoms with Crippen molar-refractivity contribution in [3.05, 3.63) is 34.3 Å². The molecular weight excluding hydrogens is 324 g/mol. The van der Waals surface area contributed by atoms with Gasteiger partial charge in [-0.3, -0.25) is 4.79 Å². The summed E-state index contributed by atoms with van der Waals surface area (Å²) in [5.74, 6) is 1.20. The molecule has 0 unspecified atom stereocenters. The van der Waals surface area contributed by atoms with E-state index in [0.29, 0.717) is 6.54 Å². The summed E-state index contributed by atoms with van der Waals surface area (Å²) in [6.07, 6.45) is 5.15. The van der Waals surface area contributed by atoms with Gasteiger partial charge in [-0.25, -0.2) is 4.79 Å². The molecule has 0 aliphatic carbocycles. The summed E-state index contributed by atoms with van der Waals surface area (Å²) in [6, 6.07) is 7.13. The number of urea groups is 1. The maximum absolute atomic E-state index is 12.1. The Morgan fingerprint density at radius 2 is 2.15 bits per heavy atom. The van der Waals surface area contributed by atoms with E-state index in [4.69, 9.17) is 11.5 Å². The van der Waals surface area contributed by atoms with Crippen LogP contribution in [0.3, 0.4) is 0 Å². The minimum atomic E-state index is -1.09. The number of aliphatic carboxylic acids is 1. The van der Waals surface area contributed by atoms with Crippen LogP contribution in [0.25, 0.3) is 0 Å². The van der Waals surface area contributed by atoms with Gasteiger partial charge in [-0.1, -0.05) is 34.0 Å². The highest BCUT2D eigenvalue weighted by molar-refractivity contribution is 9.10. The van der Waals surface area contributed by atoms with Crippen LogP contribution in [0.15, 0.2) is 28.7 Å². The maximum Gasteiger partial charge on any atom is 0.323 e. The van der Waals surface area contributed by atoms with Crippen LogP contribution in [-0.4, -0.2) is 47.0 Å². The zero-order valence-corrected chi connectivity index (χ0v) is 12.6. The highest BCUT2D eigenvalue weighted by Crippen LogP contribution is 2.13. The third-order valence-electron chi connectivity index (χ3n) is 2.51. The molecule has 0 aliphatic heterocycles. The predicted octanol–water partition coefficient (Wildman–Crippen LogP) is 2.02. The predicted molar refractivity (Wildman–Crippen MR) is 79.0 cm³/mol. The number of rotatable bonds is 5. The van der Waals surface area contributed by atoms with Gasteiger partial charge in [0.25, 0.3) is 0 Å². The summed E-state index contributed by atoms with van der Waals surface area (Å²) < 4.78 is 0.918. The molecule has 0 aliphatic rings. The second kappa shape index (κ2) is 7.56. The number of terminal acetylenes is 1. The number of nitrogens with zero attached hydrogens (tertiary/aromatic N) is 2. The number of hydrogen-bond donors (Lipinski definition) is 1. The molecule has 2 amide bonds. The van der Waals surface area contributed by atoms with Gasteiger partial charge in [-0.2, -0.15) is 0 Å². The molecule has 0 bridgehead atoms. The lowest BCUT2D eigenvalue weighted by Gasteiger charge is -2.25. The fourth-order valence-electron chi connectivity index (χ4n) is 1.68. The molecule has 0 heterocycles. The Morgan fingerprint density at radius 3 is 2.70 bits per heavy atom. The van der Waals surface area contributed by atoms with Crippen molar-refractivity contribution >= 4 is 27.9 Å². The lowest BCUT2D eigenvalue weighted by atomic mass is 10.2. The van der Waals surface area contributed by atoms with E-state index in [-0.39, 0.29) is 6.54 Å². The molecule has 0 fully saturated rings. The molecule has 6 heteroatoms. The zero-order chi connectivity index (χ0) is 15.1. The van der Waals surface area contributed by atoms with Crippen molar-refractivity contribution in [2.24, 2.45) is 0 Å². The van der Waals surface area contributed by atoms with Crippen molar-refractivity contribution in [1.29, 1.82) is 0 Å². The van der Waals surface area contributed by atoms with Gasteiger partial charge in [-0.15, -0.1) is 6.42 Å². The van der Waals surface area contributed by atoms with Crippen LogP contribution < -0.4 is 0 Å². The standard InChI is InChI=1S/C14H15BrN2O3/c1-3-7-17(10-13(18)19)14(20)16(2)9-11-5-4-6-12(15)8-11/h1,4-6,8H,7,9-10H2,2H3,(H,18,19). The van der Waals surface area contributed by atoms with Crippen LogP contribution in [0, 0.1) is 12.3 Å². The smallest absolute Gasteiger partial charge is 0.323 e. The zero-order valence-electron chi connectivity index (χ0n) is 11.0. The Morgan fingerprint density at radius 1 is 1.45 bits per heavy atom. The van der Waals surface area contributed by atoms with Crippen LogP contribution in [0.1, 0.15) is 5.56 Å². The Labute approximate surface area is 126 Å². The van der Waals surface area contributed by atoms with Crippen molar-refractivity contribution in [3.8, 4) is 12.3 Å². The van der Waals surface area contributed by atoms with Gasteiger partial charge < -0.3 is 14.9 Å². The average Bonchev–Trinajstić information content (AvgIpc) is 2.36. The fourth-order valence-corrected chi connectivity index (χ4v) is 2.13. The number of carbonyl (C=O) groups excluding carboxylic acids is 1. The summed E-state index contributed by atoms with van der Waals surface area (Å²) in [5.41, 5.74) is 0.936. The maximum atomic E-state index is 12.1. The van der Waals surface area contributed by atoms with E-state index in [1.54, 1.807) is 7.05 Å². The average molecular weight is 339 g/mol. The molecule has 1 aromatic carbocycles. The number of benzene rings is 1. The lowest BCUT2D eigenvalue weighted by Crippen LogP contribution is -2.43. The molecule has 1 N–H and O–H groups in total. The second-order valence-corrected chi connectivity index (χ2v) is 5.14. The number of carbonyl (C=O) groups is 2. The van der Waals surface area contributed by atoms with E-state index >= 15 is 0 Å². The molecule has 1 aromatic rings. The van der Waals surface area contributed by atoms with Crippen molar-refractivity contribution in [2.45, 2.75) is 6.54 Å². The number of amides is 2. The van der Waals surface area contributed by atoms with Crippen molar-refractivity contribution < 1.29 is 14.7 Å². The Hall–Kier alpha value is -2.00. The Bertz CT molecular complexity index is 539. The van der Waals surface area contributed by atoms with Crippen LogP contribution in [0.4, 0.5) is 4.79 Å². The summed E-state index contributed by atoms with van der Waals surface area (Å²) in [6.45, 7) is -0.0707. The number of halogens is 1. The van der Waals surface area contributed by atoms with Gasteiger partial charge in [0, 0.05) is 18.1 Å². The second-order valence-electron chi connectivity index (χ2n) is 4.22. The third kappa shape index (κ3) is 4.94. The van der Waals surface area contributed by atoms with E-state index < -0.39 is 18.5 Å². The summed E-state index contributed by atoms with van der Waals surface area (Å²) in [4.78, 5) is 25.4. The van der Waals surface area contributed by atoms with Crippen LogP contribution in [0.2, 0.25) is 0 Å². The molecule has 20 heavy (non-hydrogen) atoms. The molecule has 0 aromatic heterocycles. The van der Waals surface area contributed by atoms with Crippen molar-refractivity contribution in [3.63, 3.8) is 0 Å². The molecule has 1 rings (SSSR count). The van der Waals surface area contributed by atoms with E-state index in [9.17, 15) is 9.59 Å². The van der Waals surface area contributed by atoms with Gasteiger partial charge in [0.1, 0.15) is 6.54 Å². The largest absolute Gasteiger partial charge is 0.480 e. The quantitative estimate of drug-likeness (QED) is 0.835. The summed E-state index contributed by atoms with van der Waals surface area (Å²) in [7, 11) is 1.61. The number of carboxylic acids is 1.